The molecule has 0 spiro atoms. The maximum absolute atomic E-state index is 14.9. The first kappa shape index (κ1) is 23.6. The Morgan fingerprint density at radius 2 is 1.55 bits per heavy atom. The van der Waals surface area contributed by atoms with Crippen molar-refractivity contribution in [3.05, 3.63) is 65.0 Å². The van der Waals surface area contributed by atoms with Crippen LogP contribution in [0.15, 0.2) is 42.5 Å². The predicted octanol–water partition coefficient (Wildman–Crippen LogP) is 7.62. The molecule has 6 heteroatoms. The Kier molecular flexibility index (Phi) is 7.28. The molecule has 2 aromatic carbocycles. The SMILES string of the molecule is CC(Cc1ccc(C(F)F)cc1)C(C)c1cccc(F)c1N1CCC(C)(C(F)F)CC1. The quantitative estimate of drug-likeness (QED) is 0.401. The molecule has 2 atom stereocenters. The summed E-state index contributed by atoms with van der Waals surface area (Å²) < 4.78 is 67.2. The van der Waals surface area contributed by atoms with Gasteiger partial charge in [0.05, 0.1) is 5.69 Å². The predicted molar refractivity (Wildman–Crippen MR) is 115 cm³/mol. The zero-order valence-corrected chi connectivity index (χ0v) is 18.2. The van der Waals surface area contributed by atoms with Crippen LogP contribution in [-0.2, 0) is 6.42 Å². The highest BCUT2D eigenvalue weighted by molar-refractivity contribution is 5.57. The molecule has 170 valence electrons. The van der Waals surface area contributed by atoms with E-state index in [-0.39, 0.29) is 23.2 Å². The number of anilines is 1. The molecular weight excluding hydrogens is 409 g/mol. The molecule has 0 amide bonds. The molecular formula is C25H30F5N. The maximum atomic E-state index is 14.9. The molecule has 1 aliphatic rings. The van der Waals surface area contributed by atoms with Crippen molar-refractivity contribution < 1.29 is 22.0 Å². The van der Waals surface area contributed by atoms with E-state index in [1.54, 1.807) is 25.1 Å². The number of piperidine rings is 1. The maximum Gasteiger partial charge on any atom is 0.263 e. The van der Waals surface area contributed by atoms with Gasteiger partial charge in [-0.3, -0.25) is 0 Å². The zero-order valence-electron chi connectivity index (χ0n) is 18.2. The molecule has 0 N–H and O–H groups in total. The number of hydrogen-bond acceptors (Lipinski definition) is 1. The van der Waals surface area contributed by atoms with Crippen LogP contribution in [-0.4, -0.2) is 19.5 Å². The molecule has 1 nitrogen and oxygen atoms in total. The second-order valence-corrected chi connectivity index (χ2v) is 9.13. The van der Waals surface area contributed by atoms with E-state index < -0.39 is 18.3 Å². The molecule has 0 bridgehead atoms. The third-order valence-electron chi connectivity index (χ3n) is 6.90. The van der Waals surface area contributed by atoms with Crippen LogP contribution in [0.3, 0.4) is 0 Å². The van der Waals surface area contributed by atoms with Crippen LogP contribution in [0.1, 0.15) is 62.6 Å². The normalized spacial score (nSPS) is 18.5. The van der Waals surface area contributed by atoms with Crippen LogP contribution < -0.4 is 4.90 Å². The smallest absolute Gasteiger partial charge is 0.263 e. The van der Waals surface area contributed by atoms with Gasteiger partial charge >= 0.3 is 0 Å². The van der Waals surface area contributed by atoms with Crippen molar-refractivity contribution in [2.45, 2.75) is 58.8 Å². The van der Waals surface area contributed by atoms with Gasteiger partial charge in [0, 0.05) is 24.1 Å². The summed E-state index contributed by atoms with van der Waals surface area (Å²) in [5.74, 6) is -0.198. The van der Waals surface area contributed by atoms with Crippen molar-refractivity contribution >= 4 is 5.69 Å². The Morgan fingerprint density at radius 3 is 2.10 bits per heavy atom. The first-order valence-corrected chi connectivity index (χ1v) is 10.8. The van der Waals surface area contributed by atoms with Crippen molar-refractivity contribution in [1.29, 1.82) is 0 Å². The fourth-order valence-corrected chi connectivity index (χ4v) is 4.35. The van der Waals surface area contributed by atoms with E-state index in [1.165, 1.54) is 18.2 Å². The van der Waals surface area contributed by atoms with Crippen LogP contribution >= 0.6 is 0 Å². The number of halogens is 5. The number of hydrogen-bond donors (Lipinski definition) is 0. The second kappa shape index (κ2) is 9.58. The van der Waals surface area contributed by atoms with Crippen LogP contribution in [0.4, 0.5) is 27.6 Å². The van der Waals surface area contributed by atoms with E-state index in [2.05, 4.69) is 6.92 Å². The summed E-state index contributed by atoms with van der Waals surface area (Å²) >= 11 is 0. The molecule has 2 aromatic rings. The third-order valence-corrected chi connectivity index (χ3v) is 6.90. The van der Waals surface area contributed by atoms with E-state index in [0.29, 0.717) is 38.0 Å². The van der Waals surface area contributed by atoms with E-state index in [1.807, 2.05) is 17.9 Å². The molecule has 1 aliphatic heterocycles. The molecule has 1 saturated heterocycles. The number of para-hydroxylation sites is 1. The number of nitrogens with zero attached hydrogens (tertiary/aromatic N) is 1. The summed E-state index contributed by atoms with van der Waals surface area (Å²) in [5, 5.41) is 0. The van der Waals surface area contributed by atoms with E-state index >= 15 is 0 Å². The highest BCUT2D eigenvalue weighted by atomic mass is 19.3. The third kappa shape index (κ3) is 5.21. The van der Waals surface area contributed by atoms with Crippen LogP contribution in [0, 0.1) is 17.2 Å². The van der Waals surface area contributed by atoms with Gasteiger partial charge < -0.3 is 4.90 Å². The van der Waals surface area contributed by atoms with Gasteiger partial charge in [-0.1, -0.05) is 57.2 Å². The van der Waals surface area contributed by atoms with Gasteiger partial charge in [-0.05, 0) is 48.3 Å². The summed E-state index contributed by atoms with van der Waals surface area (Å²) in [7, 11) is 0. The fourth-order valence-electron chi connectivity index (χ4n) is 4.35. The molecule has 0 aromatic heterocycles. The summed E-state index contributed by atoms with van der Waals surface area (Å²) in [6.45, 7) is 6.48. The van der Waals surface area contributed by atoms with Gasteiger partial charge in [0.2, 0.25) is 6.43 Å². The van der Waals surface area contributed by atoms with Crippen LogP contribution in [0.25, 0.3) is 0 Å². The average Bonchev–Trinajstić information content (AvgIpc) is 2.74. The minimum absolute atomic E-state index is 0.00207. The van der Waals surface area contributed by atoms with Crippen LogP contribution in [0.2, 0.25) is 0 Å². The summed E-state index contributed by atoms with van der Waals surface area (Å²) in [6, 6.07) is 11.3. The van der Waals surface area contributed by atoms with Gasteiger partial charge in [0.25, 0.3) is 6.43 Å². The molecule has 3 rings (SSSR count). The molecule has 2 unspecified atom stereocenters. The minimum Gasteiger partial charge on any atom is -0.369 e. The molecule has 1 fully saturated rings. The topological polar surface area (TPSA) is 3.24 Å². The highest BCUT2D eigenvalue weighted by Gasteiger charge is 2.39. The van der Waals surface area contributed by atoms with Crippen molar-refractivity contribution in [2.75, 3.05) is 18.0 Å². The highest BCUT2D eigenvalue weighted by Crippen LogP contribution is 2.41. The van der Waals surface area contributed by atoms with Gasteiger partial charge in [-0.2, -0.15) is 0 Å². The molecule has 1 heterocycles. The van der Waals surface area contributed by atoms with Crippen molar-refractivity contribution in [3.63, 3.8) is 0 Å². The van der Waals surface area contributed by atoms with Gasteiger partial charge in [0.15, 0.2) is 0 Å². The van der Waals surface area contributed by atoms with Gasteiger partial charge in [-0.15, -0.1) is 0 Å². The minimum atomic E-state index is -2.49. The van der Waals surface area contributed by atoms with E-state index in [0.717, 1.165) is 11.1 Å². The Labute approximate surface area is 181 Å². The van der Waals surface area contributed by atoms with Gasteiger partial charge in [-0.25, -0.2) is 22.0 Å². The standard InChI is InChI=1S/C25H30F5N/c1-16(15-18-7-9-19(10-8-18)23(27)28)17(2)20-5-4-6-21(26)22(20)31-13-11-25(3,12-14-31)24(29)30/h4-10,16-17,23-24H,11-15H2,1-3H3. The Morgan fingerprint density at radius 1 is 0.935 bits per heavy atom. The molecule has 0 radical (unpaired) electrons. The average molecular weight is 440 g/mol. The van der Waals surface area contributed by atoms with Crippen molar-refractivity contribution in [1.82, 2.24) is 0 Å². The Bertz CT molecular complexity index is 857. The Hall–Kier alpha value is -2.11. The summed E-state index contributed by atoms with van der Waals surface area (Å²) in [4.78, 5) is 1.90. The van der Waals surface area contributed by atoms with Crippen LogP contribution in [0.5, 0.6) is 0 Å². The van der Waals surface area contributed by atoms with E-state index in [9.17, 15) is 22.0 Å². The lowest BCUT2D eigenvalue weighted by Gasteiger charge is -2.41. The Balaban J connectivity index is 1.77. The summed E-state index contributed by atoms with van der Waals surface area (Å²) in [5.41, 5.74) is 1.29. The first-order valence-electron chi connectivity index (χ1n) is 10.8. The monoisotopic (exact) mass is 439 g/mol. The van der Waals surface area contributed by atoms with Crippen molar-refractivity contribution in [3.8, 4) is 0 Å². The molecule has 0 saturated carbocycles. The molecule has 0 aliphatic carbocycles. The van der Waals surface area contributed by atoms with Gasteiger partial charge in [0.1, 0.15) is 5.82 Å². The lowest BCUT2D eigenvalue weighted by molar-refractivity contribution is -0.00919. The zero-order chi connectivity index (χ0) is 22.8. The first-order chi connectivity index (χ1) is 14.6. The summed E-state index contributed by atoms with van der Waals surface area (Å²) in [6.07, 6.45) is -3.57. The molecule has 31 heavy (non-hydrogen) atoms. The number of rotatable bonds is 7. The second-order valence-electron chi connectivity index (χ2n) is 9.13. The lowest BCUT2D eigenvalue weighted by Crippen LogP contribution is -2.43. The lowest BCUT2D eigenvalue weighted by atomic mass is 9.79. The number of alkyl halides is 4. The number of benzene rings is 2. The van der Waals surface area contributed by atoms with E-state index in [4.69, 9.17) is 0 Å². The van der Waals surface area contributed by atoms with Crippen molar-refractivity contribution in [2.24, 2.45) is 11.3 Å². The largest absolute Gasteiger partial charge is 0.369 e. The fraction of sp³-hybridized carbons (Fsp3) is 0.520.